The summed E-state index contributed by atoms with van der Waals surface area (Å²) >= 11 is 8.28. The van der Waals surface area contributed by atoms with Crippen molar-refractivity contribution in [3.05, 3.63) is 0 Å². The average Bonchev–Trinajstić information content (AvgIpc) is 2.57. The van der Waals surface area contributed by atoms with Crippen molar-refractivity contribution in [1.29, 1.82) is 0 Å². The van der Waals surface area contributed by atoms with Crippen molar-refractivity contribution in [3.8, 4) is 0 Å². The Hall–Kier alpha value is -0.260. The van der Waals surface area contributed by atoms with Crippen LogP contribution in [0.4, 0.5) is 0 Å². The van der Waals surface area contributed by atoms with E-state index in [-0.39, 0.29) is 17.3 Å². The number of rotatable bonds is 7. The Bertz CT molecular complexity index is 423. The van der Waals surface area contributed by atoms with Crippen LogP contribution in [0.5, 0.6) is 0 Å². The molecule has 24 heavy (non-hydrogen) atoms. The van der Waals surface area contributed by atoms with Crippen LogP contribution in [0.1, 0.15) is 57.8 Å². The SMILES string of the molecule is CSC1CCC(Cl)C(C(=O)CC2CCC(CC(=O)OCO)CC2)C1. The van der Waals surface area contributed by atoms with Gasteiger partial charge in [-0.25, -0.2) is 0 Å². The fourth-order valence-electron chi connectivity index (χ4n) is 4.08. The van der Waals surface area contributed by atoms with Crippen LogP contribution >= 0.6 is 23.4 Å². The van der Waals surface area contributed by atoms with Crippen molar-refractivity contribution >= 4 is 35.1 Å². The molecule has 0 amide bonds. The van der Waals surface area contributed by atoms with E-state index in [1.807, 2.05) is 11.8 Å². The van der Waals surface area contributed by atoms with Crippen LogP contribution in [-0.4, -0.2) is 40.5 Å². The zero-order valence-corrected chi connectivity index (χ0v) is 16.0. The van der Waals surface area contributed by atoms with E-state index in [2.05, 4.69) is 11.0 Å². The third kappa shape index (κ3) is 5.92. The second kappa shape index (κ2) is 10.0. The molecule has 0 radical (unpaired) electrons. The lowest BCUT2D eigenvalue weighted by Gasteiger charge is -2.33. The maximum absolute atomic E-state index is 12.7. The van der Waals surface area contributed by atoms with Crippen LogP contribution < -0.4 is 0 Å². The van der Waals surface area contributed by atoms with E-state index in [0.717, 1.165) is 44.9 Å². The van der Waals surface area contributed by atoms with Crippen LogP contribution in [-0.2, 0) is 14.3 Å². The van der Waals surface area contributed by atoms with E-state index in [9.17, 15) is 9.59 Å². The molecule has 0 spiro atoms. The van der Waals surface area contributed by atoms with Gasteiger partial charge < -0.3 is 9.84 Å². The van der Waals surface area contributed by atoms with Gasteiger partial charge in [0.2, 0.25) is 0 Å². The topological polar surface area (TPSA) is 63.6 Å². The van der Waals surface area contributed by atoms with Gasteiger partial charge in [-0.15, -0.1) is 11.6 Å². The molecule has 0 aromatic carbocycles. The number of hydrogen-bond donors (Lipinski definition) is 1. The summed E-state index contributed by atoms with van der Waals surface area (Å²) in [6.07, 6.45) is 10.0. The van der Waals surface area contributed by atoms with E-state index in [4.69, 9.17) is 16.7 Å². The number of alkyl halides is 1. The highest BCUT2D eigenvalue weighted by Gasteiger charge is 2.35. The van der Waals surface area contributed by atoms with E-state index in [0.29, 0.717) is 35.7 Å². The van der Waals surface area contributed by atoms with Crippen molar-refractivity contribution in [2.24, 2.45) is 17.8 Å². The average molecular weight is 377 g/mol. The van der Waals surface area contributed by atoms with Gasteiger partial charge >= 0.3 is 5.97 Å². The summed E-state index contributed by atoms with van der Waals surface area (Å²) in [5, 5.41) is 9.17. The third-order valence-corrected chi connectivity index (χ3v) is 7.22. The van der Waals surface area contributed by atoms with E-state index in [1.165, 1.54) is 0 Å². The molecule has 0 aromatic heterocycles. The monoisotopic (exact) mass is 376 g/mol. The Kier molecular flexibility index (Phi) is 8.38. The lowest BCUT2D eigenvalue weighted by Crippen LogP contribution is -2.34. The van der Waals surface area contributed by atoms with Crippen LogP contribution in [0.15, 0.2) is 0 Å². The maximum atomic E-state index is 12.7. The second-order valence-electron chi connectivity index (χ2n) is 7.20. The molecule has 1 N–H and O–H groups in total. The predicted molar refractivity (Wildman–Crippen MR) is 97.2 cm³/mol. The van der Waals surface area contributed by atoms with Gasteiger partial charge in [0.1, 0.15) is 5.78 Å². The number of aliphatic hydroxyl groups is 1. The van der Waals surface area contributed by atoms with Crippen LogP contribution in [0, 0.1) is 17.8 Å². The normalized spacial score (nSPS) is 33.9. The van der Waals surface area contributed by atoms with Gasteiger partial charge in [0, 0.05) is 29.4 Å². The lowest BCUT2D eigenvalue weighted by molar-refractivity contribution is -0.153. The third-order valence-electron chi connectivity index (χ3n) is 5.60. The van der Waals surface area contributed by atoms with Crippen molar-refractivity contribution in [3.63, 3.8) is 0 Å². The summed E-state index contributed by atoms with van der Waals surface area (Å²) in [5.74, 6) is 0.798. The molecule has 0 aromatic rings. The highest BCUT2D eigenvalue weighted by atomic mass is 35.5. The first-order valence-electron chi connectivity index (χ1n) is 8.99. The Balaban J connectivity index is 1.74. The number of carbonyl (C=O) groups excluding carboxylic acids is 2. The second-order valence-corrected chi connectivity index (χ2v) is 8.90. The number of hydrogen-bond acceptors (Lipinski definition) is 5. The largest absolute Gasteiger partial charge is 0.439 e. The Morgan fingerprint density at radius 3 is 2.29 bits per heavy atom. The zero-order valence-electron chi connectivity index (χ0n) is 14.4. The number of thioether (sulfide) groups is 1. The highest BCUT2D eigenvalue weighted by molar-refractivity contribution is 7.99. The van der Waals surface area contributed by atoms with Crippen molar-refractivity contribution in [1.82, 2.24) is 0 Å². The first-order chi connectivity index (χ1) is 11.5. The fraction of sp³-hybridized carbons (Fsp3) is 0.889. The molecule has 6 heteroatoms. The molecule has 3 atom stereocenters. The first kappa shape index (κ1) is 20.1. The summed E-state index contributed by atoms with van der Waals surface area (Å²) in [4.78, 5) is 24.1. The number of ketones is 1. The Morgan fingerprint density at radius 2 is 1.71 bits per heavy atom. The Morgan fingerprint density at radius 1 is 1.08 bits per heavy atom. The molecule has 2 rings (SSSR count). The smallest absolute Gasteiger partial charge is 0.308 e. The van der Waals surface area contributed by atoms with Crippen LogP contribution in [0.25, 0.3) is 0 Å². The summed E-state index contributed by atoms with van der Waals surface area (Å²) < 4.78 is 4.59. The van der Waals surface area contributed by atoms with Gasteiger partial charge in [0.25, 0.3) is 0 Å². The summed E-state index contributed by atoms with van der Waals surface area (Å²) in [7, 11) is 0. The molecule has 0 heterocycles. The molecule has 0 aliphatic heterocycles. The van der Waals surface area contributed by atoms with E-state index >= 15 is 0 Å². The van der Waals surface area contributed by atoms with Gasteiger partial charge in [-0.05, 0) is 63.0 Å². The molecule has 2 saturated carbocycles. The number of esters is 1. The Labute approximate surface area is 154 Å². The van der Waals surface area contributed by atoms with Gasteiger partial charge in [0.15, 0.2) is 6.79 Å². The molecule has 2 fully saturated rings. The minimum Gasteiger partial charge on any atom is -0.439 e. The lowest BCUT2D eigenvalue weighted by atomic mass is 9.76. The minimum absolute atomic E-state index is 0.00508. The van der Waals surface area contributed by atoms with Gasteiger partial charge in [0.05, 0.1) is 0 Å². The minimum atomic E-state index is -0.541. The van der Waals surface area contributed by atoms with Gasteiger partial charge in [-0.1, -0.05) is 0 Å². The number of Topliss-reactive ketones (excluding diaryl/α,β-unsaturated/α-hetero) is 1. The molecule has 2 aliphatic rings. The maximum Gasteiger partial charge on any atom is 0.308 e. The molecule has 4 nitrogen and oxygen atoms in total. The first-order valence-corrected chi connectivity index (χ1v) is 10.7. The summed E-state index contributed by atoms with van der Waals surface area (Å²) in [6.45, 7) is -0.541. The molecule has 3 unspecified atom stereocenters. The molecule has 2 aliphatic carbocycles. The van der Waals surface area contributed by atoms with Crippen molar-refractivity contribution < 1.29 is 19.4 Å². The van der Waals surface area contributed by atoms with Crippen molar-refractivity contribution in [2.45, 2.75) is 68.4 Å². The number of ether oxygens (including phenoxy) is 1. The molecule has 0 bridgehead atoms. The summed E-state index contributed by atoms with van der Waals surface area (Å²) in [6, 6.07) is 0. The quantitative estimate of drug-likeness (QED) is 0.416. The van der Waals surface area contributed by atoms with E-state index in [1.54, 1.807) is 0 Å². The van der Waals surface area contributed by atoms with Gasteiger partial charge in [-0.2, -0.15) is 11.8 Å². The van der Waals surface area contributed by atoms with Crippen molar-refractivity contribution in [2.75, 3.05) is 13.0 Å². The molecule has 138 valence electrons. The predicted octanol–water partition coefficient (Wildman–Crippen LogP) is 3.77. The summed E-state index contributed by atoms with van der Waals surface area (Å²) in [5.41, 5.74) is 0. The number of halogens is 1. The van der Waals surface area contributed by atoms with Gasteiger partial charge in [-0.3, -0.25) is 9.59 Å². The van der Waals surface area contributed by atoms with Crippen LogP contribution in [0.2, 0.25) is 0 Å². The highest BCUT2D eigenvalue weighted by Crippen LogP contribution is 2.38. The number of carbonyl (C=O) groups is 2. The van der Waals surface area contributed by atoms with Crippen LogP contribution in [0.3, 0.4) is 0 Å². The molecular formula is C18H29ClO4S. The zero-order chi connectivity index (χ0) is 17.5. The molecule has 0 saturated heterocycles. The standard InChI is InChI=1S/C18H29ClO4S/c1-24-14-6-7-16(19)15(10-14)17(21)8-12-2-4-13(5-3-12)9-18(22)23-11-20/h12-16,20H,2-11H2,1H3. The number of aliphatic hydroxyl groups excluding tert-OH is 1. The molecular weight excluding hydrogens is 348 g/mol. The fourth-order valence-corrected chi connectivity index (χ4v) is 5.23. The van der Waals surface area contributed by atoms with E-state index < -0.39 is 6.79 Å².